The van der Waals surface area contributed by atoms with Gasteiger partial charge >= 0.3 is 6.09 Å². The zero-order chi connectivity index (χ0) is 27.9. The fourth-order valence-electron chi connectivity index (χ4n) is 6.37. The lowest BCUT2D eigenvalue weighted by molar-refractivity contribution is 0.107. The maximum Gasteiger partial charge on any atom is 0.407 e. The van der Waals surface area contributed by atoms with Crippen LogP contribution in [0.3, 0.4) is 0 Å². The van der Waals surface area contributed by atoms with Crippen LogP contribution in [0.2, 0.25) is 0 Å². The molecule has 1 aliphatic heterocycles. The van der Waals surface area contributed by atoms with Crippen molar-refractivity contribution in [3.8, 4) is 17.9 Å². The number of carbonyl (C=O) groups excluding carboxylic acids is 1. The number of methoxy groups -OCH3 is 1. The molecule has 4 rings (SSSR count). The number of piperidine rings is 1. The summed E-state index contributed by atoms with van der Waals surface area (Å²) in [5, 5.41) is 13.8. The number of nitrogens with zero attached hydrogens (tertiary/aromatic N) is 2. The predicted octanol–water partition coefficient (Wildman–Crippen LogP) is 4.53. The highest BCUT2D eigenvalue weighted by Crippen LogP contribution is 2.50. The van der Waals surface area contributed by atoms with Crippen LogP contribution in [-0.2, 0) is 20.0 Å². The Morgan fingerprint density at radius 3 is 2.38 bits per heavy atom. The minimum Gasteiger partial charge on any atom is -0.453 e. The molecule has 2 fully saturated rings. The van der Waals surface area contributed by atoms with E-state index in [2.05, 4.69) is 40.3 Å². The Hall–Kier alpha value is -3.33. The van der Waals surface area contributed by atoms with Crippen LogP contribution in [-0.4, -0.2) is 58.5 Å². The Labute approximate surface area is 232 Å². The largest absolute Gasteiger partial charge is 0.453 e. The molecule has 39 heavy (non-hydrogen) atoms. The summed E-state index contributed by atoms with van der Waals surface area (Å²) in [6.45, 7) is 2.64. The van der Waals surface area contributed by atoms with Gasteiger partial charge in [-0.25, -0.2) is 13.2 Å². The summed E-state index contributed by atoms with van der Waals surface area (Å²) in [7, 11) is -1.83. The van der Waals surface area contributed by atoms with E-state index in [9.17, 15) is 18.5 Å². The molecule has 1 unspecified atom stereocenters. The van der Waals surface area contributed by atoms with Crippen LogP contribution in [0.4, 0.5) is 4.79 Å². The molecule has 0 aromatic heterocycles. The summed E-state index contributed by atoms with van der Waals surface area (Å²) in [6.07, 6.45) is 6.02. The third-order valence-electron chi connectivity index (χ3n) is 8.33. The van der Waals surface area contributed by atoms with Gasteiger partial charge in [0.15, 0.2) is 9.84 Å². The highest BCUT2D eigenvalue weighted by molar-refractivity contribution is 7.90. The lowest BCUT2D eigenvalue weighted by Gasteiger charge is -2.46. The highest BCUT2D eigenvalue weighted by atomic mass is 32.2. The maximum atomic E-state index is 12.1. The van der Waals surface area contributed by atoms with Gasteiger partial charge in [0.1, 0.15) is 0 Å². The van der Waals surface area contributed by atoms with E-state index >= 15 is 0 Å². The van der Waals surface area contributed by atoms with E-state index in [1.165, 1.54) is 13.4 Å². The lowest BCUT2D eigenvalue weighted by atomic mass is 9.59. The van der Waals surface area contributed by atoms with Gasteiger partial charge in [-0.1, -0.05) is 48.6 Å². The zero-order valence-corrected chi connectivity index (χ0v) is 23.5. The van der Waals surface area contributed by atoms with Gasteiger partial charge in [0.05, 0.1) is 23.5 Å². The van der Waals surface area contributed by atoms with Crippen molar-refractivity contribution < 1.29 is 17.9 Å². The first-order valence-electron chi connectivity index (χ1n) is 13.6. The molecule has 2 aromatic rings. The maximum absolute atomic E-state index is 12.1. The number of amides is 1. The van der Waals surface area contributed by atoms with Crippen LogP contribution < -0.4 is 5.32 Å². The molecule has 0 radical (unpaired) electrons. The number of nitrogens with one attached hydrogen (secondary N) is 1. The van der Waals surface area contributed by atoms with Crippen molar-refractivity contribution in [1.82, 2.24) is 10.2 Å². The number of nitriles is 1. The Morgan fingerprint density at radius 2 is 1.77 bits per heavy atom. The Bertz CT molecular complexity index is 1330. The molecule has 2 aliphatic rings. The van der Waals surface area contributed by atoms with E-state index in [0.29, 0.717) is 11.3 Å². The molecule has 1 saturated heterocycles. The second kappa shape index (κ2) is 12.7. The smallest absolute Gasteiger partial charge is 0.407 e. The van der Waals surface area contributed by atoms with E-state index in [-0.39, 0.29) is 17.9 Å². The summed E-state index contributed by atoms with van der Waals surface area (Å²) in [5.74, 6) is 6.56. The van der Waals surface area contributed by atoms with Gasteiger partial charge in [0.25, 0.3) is 0 Å². The van der Waals surface area contributed by atoms with Crippen LogP contribution >= 0.6 is 0 Å². The van der Waals surface area contributed by atoms with Crippen LogP contribution in [0, 0.1) is 35.0 Å². The molecule has 3 atom stereocenters. The first-order chi connectivity index (χ1) is 18.8. The normalized spacial score (nSPS) is 21.7. The number of sulfone groups is 1. The molecular formula is C31H37N3O4S. The Balaban J connectivity index is 1.42. The van der Waals surface area contributed by atoms with Gasteiger partial charge in [0, 0.05) is 36.7 Å². The molecule has 1 saturated carbocycles. The first-order valence-corrected chi connectivity index (χ1v) is 15.5. The summed E-state index contributed by atoms with van der Waals surface area (Å²) < 4.78 is 28.1. The van der Waals surface area contributed by atoms with Gasteiger partial charge in [-0.3, -0.25) is 0 Å². The molecule has 1 amide bonds. The van der Waals surface area contributed by atoms with Gasteiger partial charge in [0.2, 0.25) is 0 Å². The van der Waals surface area contributed by atoms with Crippen LogP contribution in [0.15, 0.2) is 59.5 Å². The van der Waals surface area contributed by atoms with E-state index in [1.54, 1.807) is 24.3 Å². The second-order valence-electron chi connectivity index (χ2n) is 10.6. The number of ether oxygens (including phenoxy) is 1. The molecule has 1 heterocycles. The van der Waals surface area contributed by atoms with Crippen molar-refractivity contribution in [3.63, 3.8) is 0 Å². The van der Waals surface area contributed by atoms with Crippen molar-refractivity contribution in [2.45, 2.75) is 54.9 Å². The van der Waals surface area contributed by atoms with Gasteiger partial charge in [-0.15, -0.1) is 0 Å². The average Bonchev–Trinajstić information content (AvgIpc) is 3.41. The molecule has 7 nitrogen and oxygen atoms in total. The minimum atomic E-state index is -3.21. The molecule has 1 N–H and O–H groups in total. The minimum absolute atomic E-state index is 0.0282. The number of alkyl carbamates (subject to hydrolysis) is 1. The highest BCUT2D eigenvalue weighted by Gasteiger charge is 2.52. The van der Waals surface area contributed by atoms with E-state index in [0.717, 1.165) is 62.9 Å². The van der Waals surface area contributed by atoms with E-state index < -0.39 is 21.3 Å². The van der Waals surface area contributed by atoms with Crippen molar-refractivity contribution in [2.24, 2.45) is 11.8 Å². The Kier molecular flexibility index (Phi) is 9.32. The van der Waals surface area contributed by atoms with Crippen LogP contribution in [0.1, 0.15) is 49.7 Å². The molecule has 0 spiro atoms. The number of rotatable bonds is 7. The topological polar surface area (TPSA) is 99.5 Å². The number of likely N-dealkylation sites (tertiary alicyclic amines) is 1. The fraction of sp³-hybridized carbons (Fsp3) is 0.484. The number of benzene rings is 2. The number of carbonyl (C=O) groups is 1. The third-order valence-corrected chi connectivity index (χ3v) is 9.45. The van der Waals surface area contributed by atoms with Crippen molar-refractivity contribution in [2.75, 3.05) is 33.0 Å². The number of hydrogen-bond donors (Lipinski definition) is 1. The van der Waals surface area contributed by atoms with Gasteiger partial charge in [-0.2, -0.15) is 5.26 Å². The van der Waals surface area contributed by atoms with Gasteiger partial charge in [-0.05, 0) is 74.5 Å². The fourth-order valence-corrected chi connectivity index (χ4v) is 7.00. The van der Waals surface area contributed by atoms with E-state index in [4.69, 9.17) is 4.74 Å². The number of hydrogen-bond acceptors (Lipinski definition) is 6. The molecule has 2 aromatic carbocycles. The average molecular weight is 548 g/mol. The first kappa shape index (κ1) is 28.7. The quantitative estimate of drug-likeness (QED) is 0.512. The molecule has 8 heteroatoms. The monoisotopic (exact) mass is 547 g/mol. The molecule has 0 bridgehead atoms. The van der Waals surface area contributed by atoms with Crippen molar-refractivity contribution in [1.29, 1.82) is 5.26 Å². The standard InChI is InChI=1S/C31H37N3O4S/c1-38-30(35)33-29-13-8-12-28(29)31(23-32,25-10-4-3-5-11-25)26-18-21-34(22-19-26)20-7-6-9-24-14-16-27(17-15-24)39(2,36)37/h3-5,10-11,14-17,26,28-29H,7-8,12-13,18-22H2,1-2H3,(H,33,35)/t28-,29-,31?/m0/s1. The Morgan fingerprint density at radius 1 is 1.08 bits per heavy atom. The van der Waals surface area contributed by atoms with Gasteiger partial charge < -0.3 is 15.0 Å². The third kappa shape index (κ3) is 6.64. The molecule has 1 aliphatic carbocycles. The van der Waals surface area contributed by atoms with E-state index in [1.807, 2.05) is 18.2 Å². The van der Waals surface area contributed by atoms with Crippen LogP contribution in [0.5, 0.6) is 0 Å². The summed E-state index contributed by atoms with van der Waals surface area (Å²) in [6, 6.07) is 19.5. The molecule has 206 valence electrons. The SMILES string of the molecule is COC(=O)N[C@H]1CCC[C@@H]1C(C#N)(c1ccccc1)C1CCN(CCC#Cc2ccc(S(C)(=O)=O)cc2)CC1. The summed E-state index contributed by atoms with van der Waals surface area (Å²) in [5.41, 5.74) is 1.17. The summed E-state index contributed by atoms with van der Waals surface area (Å²) >= 11 is 0. The predicted molar refractivity (Wildman–Crippen MR) is 151 cm³/mol. The zero-order valence-electron chi connectivity index (χ0n) is 22.7. The van der Waals surface area contributed by atoms with Crippen LogP contribution in [0.25, 0.3) is 0 Å². The lowest BCUT2D eigenvalue weighted by Crippen LogP contribution is -2.52. The summed E-state index contributed by atoms with van der Waals surface area (Å²) in [4.78, 5) is 14.8. The molecular weight excluding hydrogens is 510 g/mol. The second-order valence-corrected chi connectivity index (χ2v) is 12.6. The van der Waals surface area contributed by atoms with Crippen molar-refractivity contribution in [3.05, 3.63) is 65.7 Å². The van der Waals surface area contributed by atoms with Crippen molar-refractivity contribution >= 4 is 15.9 Å².